The van der Waals surface area contributed by atoms with Gasteiger partial charge in [0, 0.05) is 22.3 Å². The van der Waals surface area contributed by atoms with Gasteiger partial charge in [-0.1, -0.05) is 36.0 Å². The first kappa shape index (κ1) is 19.9. The molecular formula is C25H17N3O3S. The van der Waals surface area contributed by atoms with E-state index in [9.17, 15) is 0 Å². The van der Waals surface area contributed by atoms with Crippen molar-refractivity contribution in [3.63, 3.8) is 0 Å². The summed E-state index contributed by atoms with van der Waals surface area (Å²) in [7, 11) is 1.65. The quantitative estimate of drug-likeness (QED) is 0.286. The minimum atomic E-state index is 0.446. The summed E-state index contributed by atoms with van der Waals surface area (Å²) >= 11 is 1.44. The van der Waals surface area contributed by atoms with E-state index in [1.54, 1.807) is 19.4 Å². The van der Waals surface area contributed by atoms with E-state index in [-0.39, 0.29) is 0 Å². The van der Waals surface area contributed by atoms with Gasteiger partial charge in [-0.2, -0.15) is 5.26 Å². The lowest BCUT2D eigenvalue weighted by Crippen LogP contribution is -1.82. The Morgan fingerprint density at radius 2 is 1.84 bits per heavy atom. The molecule has 0 amide bonds. The number of nitriles is 1. The molecule has 6 nitrogen and oxygen atoms in total. The first-order valence-corrected chi connectivity index (χ1v) is 10.8. The van der Waals surface area contributed by atoms with Crippen LogP contribution >= 0.6 is 11.8 Å². The number of aromatic nitrogens is 2. The van der Waals surface area contributed by atoms with Crippen molar-refractivity contribution in [1.29, 1.82) is 5.26 Å². The molecular weight excluding hydrogens is 422 g/mol. The molecule has 5 rings (SSSR count). The maximum atomic E-state index is 9.04. The zero-order chi connectivity index (χ0) is 21.9. The maximum Gasteiger partial charge on any atom is 0.277 e. The molecule has 32 heavy (non-hydrogen) atoms. The van der Waals surface area contributed by atoms with Crippen LogP contribution in [0, 0.1) is 11.3 Å². The van der Waals surface area contributed by atoms with Gasteiger partial charge in [-0.3, -0.25) is 0 Å². The zero-order valence-electron chi connectivity index (χ0n) is 17.1. The number of benzene rings is 3. The second kappa shape index (κ2) is 8.61. The number of methoxy groups -OCH3 is 1. The number of furan rings is 1. The Kier molecular flexibility index (Phi) is 5.36. The lowest BCUT2D eigenvalue weighted by Gasteiger charge is -2.02. The smallest absolute Gasteiger partial charge is 0.277 e. The number of fused-ring (bicyclic) bond motifs is 1. The van der Waals surface area contributed by atoms with Gasteiger partial charge < -0.3 is 13.6 Å². The largest absolute Gasteiger partial charge is 0.497 e. The van der Waals surface area contributed by atoms with Gasteiger partial charge >= 0.3 is 0 Å². The van der Waals surface area contributed by atoms with E-state index >= 15 is 0 Å². The normalized spacial score (nSPS) is 10.9. The van der Waals surface area contributed by atoms with Crippen molar-refractivity contribution in [2.75, 3.05) is 7.11 Å². The topological polar surface area (TPSA) is 85.1 Å². The van der Waals surface area contributed by atoms with E-state index in [2.05, 4.69) is 16.3 Å². The van der Waals surface area contributed by atoms with Crippen LogP contribution in [0.3, 0.4) is 0 Å². The summed E-state index contributed by atoms with van der Waals surface area (Å²) in [6, 6.07) is 23.3. The predicted molar refractivity (Wildman–Crippen MR) is 122 cm³/mol. The number of rotatable bonds is 6. The zero-order valence-corrected chi connectivity index (χ0v) is 17.9. The molecule has 5 aromatic rings. The van der Waals surface area contributed by atoms with E-state index in [4.69, 9.17) is 18.8 Å². The van der Waals surface area contributed by atoms with Crippen LogP contribution in [0.25, 0.3) is 33.6 Å². The molecule has 2 heterocycles. The van der Waals surface area contributed by atoms with Gasteiger partial charge in [-0.05, 0) is 53.6 Å². The standard InChI is InChI=1S/C25H17N3O3S/c1-29-20-8-5-18(6-9-20)22-14-30-23-10-7-19(12-21(22)23)24-27-28-25(31-24)32-15-17-4-2-3-16(11-17)13-26/h2-12,14H,15H2,1H3. The molecule has 0 saturated heterocycles. The van der Waals surface area contributed by atoms with E-state index in [1.165, 1.54) is 11.8 Å². The Labute approximate surface area is 188 Å². The van der Waals surface area contributed by atoms with Gasteiger partial charge in [-0.25, -0.2) is 0 Å². The van der Waals surface area contributed by atoms with Crippen LogP contribution in [-0.2, 0) is 5.75 Å². The van der Waals surface area contributed by atoms with Crippen molar-refractivity contribution in [2.24, 2.45) is 0 Å². The van der Waals surface area contributed by atoms with Crippen LogP contribution in [0.15, 0.2) is 87.1 Å². The number of hydrogen-bond acceptors (Lipinski definition) is 7. The van der Waals surface area contributed by atoms with Gasteiger partial charge in [0.15, 0.2) is 0 Å². The summed E-state index contributed by atoms with van der Waals surface area (Å²) in [5.74, 6) is 1.89. The van der Waals surface area contributed by atoms with E-state index in [0.717, 1.165) is 39.0 Å². The van der Waals surface area contributed by atoms with E-state index in [0.29, 0.717) is 22.4 Å². The van der Waals surface area contributed by atoms with Crippen LogP contribution in [-0.4, -0.2) is 17.3 Å². The van der Waals surface area contributed by atoms with Gasteiger partial charge in [0.25, 0.3) is 5.22 Å². The Bertz CT molecular complexity index is 1430. The predicted octanol–water partition coefficient (Wildman–Crippen LogP) is 6.32. The Morgan fingerprint density at radius 3 is 2.66 bits per heavy atom. The minimum Gasteiger partial charge on any atom is -0.497 e. The Hall–Kier alpha value is -4.02. The van der Waals surface area contributed by atoms with Crippen molar-refractivity contribution in [1.82, 2.24) is 10.2 Å². The van der Waals surface area contributed by atoms with E-state index < -0.39 is 0 Å². The van der Waals surface area contributed by atoms with Crippen LogP contribution in [0.1, 0.15) is 11.1 Å². The third-order valence-corrected chi connectivity index (χ3v) is 5.94. The molecule has 0 aliphatic heterocycles. The molecule has 0 saturated carbocycles. The SMILES string of the molecule is COc1ccc(-c2coc3ccc(-c4nnc(SCc5cccc(C#N)c5)o4)cc23)cc1. The summed E-state index contributed by atoms with van der Waals surface area (Å²) in [6.07, 6.45) is 1.75. The highest BCUT2D eigenvalue weighted by Crippen LogP contribution is 2.35. The molecule has 0 N–H and O–H groups in total. The van der Waals surface area contributed by atoms with Gasteiger partial charge in [0.1, 0.15) is 11.3 Å². The van der Waals surface area contributed by atoms with Gasteiger partial charge in [-0.15, -0.1) is 10.2 Å². The highest BCUT2D eigenvalue weighted by Gasteiger charge is 2.14. The summed E-state index contributed by atoms with van der Waals surface area (Å²) in [5.41, 5.74) is 5.28. The van der Waals surface area contributed by atoms with Gasteiger partial charge in [0.2, 0.25) is 5.89 Å². The number of hydrogen-bond donors (Lipinski definition) is 0. The summed E-state index contributed by atoms with van der Waals surface area (Å²) in [5, 5.41) is 18.9. The van der Waals surface area contributed by atoms with Crippen molar-refractivity contribution in [2.45, 2.75) is 11.0 Å². The van der Waals surface area contributed by atoms with Crippen molar-refractivity contribution in [3.05, 3.63) is 84.1 Å². The monoisotopic (exact) mass is 439 g/mol. The average molecular weight is 439 g/mol. The number of thioether (sulfide) groups is 1. The minimum absolute atomic E-state index is 0.446. The van der Waals surface area contributed by atoms with Crippen molar-refractivity contribution < 1.29 is 13.6 Å². The van der Waals surface area contributed by atoms with Crippen molar-refractivity contribution >= 4 is 22.7 Å². The second-order valence-corrected chi connectivity index (χ2v) is 7.99. The fraction of sp³-hybridized carbons (Fsp3) is 0.0800. The Balaban J connectivity index is 1.39. The van der Waals surface area contributed by atoms with Crippen LogP contribution in [0.5, 0.6) is 5.75 Å². The van der Waals surface area contributed by atoms with E-state index in [1.807, 2.05) is 60.7 Å². The molecule has 0 spiro atoms. The molecule has 3 aromatic carbocycles. The van der Waals surface area contributed by atoms with Crippen LogP contribution in [0.2, 0.25) is 0 Å². The summed E-state index contributed by atoms with van der Waals surface area (Å²) < 4.78 is 16.9. The molecule has 0 fully saturated rings. The highest BCUT2D eigenvalue weighted by molar-refractivity contribution is 7.98. The van der Waals surface area contributed by atoms with Crippen LogP contribution in [0.4, 0.5) is 0 Å². The fourth-order valence-electron chi connectivity index (χ4n) is 3.42. The number of ether oxygens (including phenoxy) is 1. The molecule has 7 heteroatoms. The highest BCUT2D eigenvalue weighted by atomic mass is 32.2. The lowest BCUT2D eigenvalue weighted by molar-refractivity contribution is 0.415. The maximum absolute atomic E-state index is 9.04. The summed E-state index contributed by atoms with van der Waals surface area (Å²) in [4.78, 5) is 0. The Morgan fingerprint density at radius 1 is 1.00 bits per heavy atom. The molecule has 0 bridgehead atoms. The molecule has 0 aliphatic rings. The molecule has 156 valence electrons. The number of nitrogens with zero attached hydrogens (tertiary/aromatic N) is 3. The fourth-order valence-corrected chi connectivity index (χ4v) is 4.12. The molecule has 2 aromatic heterocycles. The molecule has 0 unspecified atom stereocenters. The first-order chi connectivity index (χ1) is 15.7. The third-order valence-electron chi connectivity index (χ3n) is 5.05. The van der Waals surface area contributed by atoms with Crippen LogP contribution < -0.4 is 4.74 Å². The molecule has 0 radical (unpaired) electrons. The van der Waals surface area contributed by atoms with Crippen molar-refractivity contribution in [3.8, 4) is 34.4 Å². The average Bonchev–Trinajstić information content (AvgIpc) is 3.50. The first-order valence-electron chi connectivity index (χ1n) is 9.85. The second-order valence-electron chi connectivity index (χ2n) is 7.06. The molecule has 0 aliphatic carbocycles. The molecule has 0 atom stereocenters. The van der Waals surface area contributed by atoms with Gasteiger partial charge in [0.05, 0.1) is 25.0 Å². The third kappa shape index (κ3) is 3.96. The lowest BCUT2D eigenvalue weighted by atomic mass is 10.0. The summed E-state index contributed by atoms with van der Waals surface area (Å²) in [6.45, 7) is 0.